The molecule has 0 aromatic carbocycles. The highest BCUT2D eigenvalue weighted by molar-refractivity contribution is 5.85. The van der Waals surface area contributed by atoms with Crippen LogP contribution in [0.15, 0.2) is 11.6 Å². The van der Waals surface area contributed by atoms with Gasteiger partial charge in [-0.05, 0) is 98.9 Å². The molecule has 8 nitrogen and oxygen atoms in total. The Bertz CT molecular complexity index is 969. The molecule has 4 fully saturated rings. The van der Waals surface area contributed by atoms with E-state index >= 15 is 0 Å². The first-order valence-corrected chi connectivity index (χ1v) is 15.8. The summed E-state index contributed by atoms with van der Waals surface area (Å²) in [6.07, 6.45) is 12.2. The van der Waals surface area contributed by atoms with Gasteiger partial charge in [-0.2, -0.15) is 0 Å². The highest BCUT2D eigenvalue weighted by Gasteiger charge is 2.70. The SMILES string of the molecule is COCCCCCCNC(=O)COC1CCC2(C)C(CCC3C2CC(O)C2(C)C(C4=CC(=O)OC4)CCC32O)C1. The van der Waals surface area contributed by atoms with E-state index in [0.717, 1.165) is 76.4 Å². The summed E-state index contributed by atoms with van der Waals surface area (Å²) in [6.45, 7) is 6.31. The van der Waals surface area contributed by atoms with Gasteiger partial charge in [-0.15, -0.1) is 0 Å². The van der Waals surface area contributed by atoms with Crippen LogP contribution in [-0.4, -0.2) is 73.4 Å². The molecule has 1 heterocycles. The summed E-state index contributed by atoms with van der Waals surface area (Å²) in [4.78, 5) is 24.2. The number of esters is 1. The fraction of sp³-hybridized carbons (Fsp3) is 0.875. The van der Waals surface area contributed by atoms with Gasteiger partial charge in [0, 0.05) is 31.8 Å². The fourth-order valence-electron chi connectivity index (χ4n) is 9.70. The predicted octanol–water partition coefficient (Wildman–Crippen LogP) is 3.92. The van der Waals surface area contributed by atoms with E-state index < -0.39 is 17.1 Å². The molecule has 4 aliphatic carbocycles. The average Bonchev–Trinajstić information content (AvgIpc) is 3.48. The van der Waals surface area contributed by atoms with E-state index in [1.807, 2.05) is 0 Å². The number of nitrogens with one attached hydrogen (secondary N) is 1. The third kappa shape index (κ3) is 5.27. The number of ether oxygens (including phenoxy) is 3. The highest BCUT2D eigenvalue weighted by Crippen LogP contribution is 2.70. The van der Waals surface area contributed by atoms with Gasteiger partial charge in [0.05, 0.1) is 17.8 Å². The van der Waals surface area contributed by atoms with Crippen molar-refractivity contribution in [2.45, 2.75) is 109 Å². The molecule has 226 valence electrons. The smallest absolute Gasteiger partial charge is 0.331 e. The van der Waals surface area contributed by atoms with Crippen LogP contribution in [0, 0.1) is 34.5 Å². The number of hydrogen-bond donors (Lipinski definition) is 3. The molecule has 0 radical (unpaired) electrons. The number of fused-ring (bicyclic) bond motifs is 5. The van der Waals surface area contributed by atoms with Gasteiger partial charge >= 0.3 is 5.97 Å². The van der Waals surface area contributed by atoms with Crippen molar-refractivity contribution in [2.75, 3.05) is 33.5 Å². The second-order valence-corrected chi connectivity index (χ2v) is 13.8. The lowest BCUT2D eigenvalue weighted by molar-refractivity contribution is -0.245. The van der Waals surface area contributed by atoms with Crippen LogP contribution in [0.3, 0.4) is 0 Å². The van der Waals surface area contributed by atoms with Crippen LogP contribution in [0.2, 0.25) is 0 Å². The third-order valence-corrected chi connectivity index (χ3v) is 12.1. The Kier molecular flexibility index (Phi) is 9.01. The summed E-state index contributed by atoms with van der Waals surface area (Å²) in [7, 11) is 1.72. The van der Waals surface area contributed by atoms with Crippen LogP contribution in [-0.2, 0) is 23.8 Å². The molecule has 5 rings (SSSR count). The summed E-state index contributed by atoms with van der Waals surface area (Å²) in [6, 6.07) is 0. The van der Waals surface area contributed by atoms with Gasteiger partial charge in [0.25, 0.3) is 0 Å². The average molecular weight is 562 g/mol. The molecule has 0 aromatic heterocycles. The number of carbonyl (C=O) groups excluding carboxylic acids is 2. The van der Waals surface area contributed by atoms with Gasteiger partial charge in [0.1, 0.15) is 13.2 Å². The molecule has 1 aliphatic heterocycles. The Morgan fingerprint density at radius 1 is 1.07 bits per heavy atom. The van der Waals surface area contributed by atoms with Crippen molar-refractivity contribution in [3.8, 4) is 0 Å². The Balaban J connectivity index is 1.15. The van der Waals surface area contributed by atoms with Gasteiger partial charge < -0.3 is 29.7 Å². The Hall–Kier alpha value is -1.48. The molecule has 9 atom stereocenters. The van der Waals surface area contributed by atoms with E-state index in [1.54, 1.807) is 13.2 Å². The number of aliphatic hydroxyl groups excluding tert-OH is 1. The standard InChI is InChI=1S/C32H51NO7/c1-30-12-10-23(39-20-28(35)33-14-6-4-5-7-15-38-3)17-22(30)8-9-25-26(30)18-27(34)31(2)24(11-13-32(25,31)37)21-16-29(36)40-19-21/h16,22-27,34,37H,4-15,17-20H2,1-3H3,(H,33,35). The van der Waals surface area contributed by atoms with Gasteiger partial charge in [-0.25, -0.2) is 4.79 Å². The number of carbonyl (C=O) groups is 2. The van der Waals surface area contributed by atoms with E-state index in [1.165, 1.54) is 0 Å². The van der Waals surface area contributed by atoms with E-state index in [2.05, 4.69) is 19.2 Å². The van der Waals surface area contributed by atoms with Crippen molar-refractivity contribution >= 4 is 11.9 Å². The predicted molar refractivity (Wildman–Crippen MR) is 150 cm³/mol. The first-order valence-electron chi connectivity index (χ1n) is 15.8. The molecule has 40 heavy (non-hydrogen) atoms. The zero-order valence-corrected chi connectivity index (χ0v) is 24.8. The number of amides is 1. The molecule has 0 aromatic rings. The number of cyclic esters (lactones) is 1. The molecule has 0 bridgehead atoms. The normalized spacial score (nSPS) is 42.4. The van der Waals surface area contributed by atoms with Crippen molar-refractivity contribution in [2.24, 2.45) is 34.5 Å². The molecule has 9 unspecified atom stereocenters. The van der Waals surface area contributed by atoms with Crippen molar-refractivity contribution in [3.05, 3.63) is 11.6 Å². The minimum Gasteiger partial charge on any atom is -0.458 e. The maximum Gasteiger partial charge on any atom is 0.331 e. The monoisotopic (exact) mass is 561 g/mol. The summed E-state index contributed by atoms with van der Waals surface area (Å²) in [5.41, 5.74) is -0.648. The number of methoxy groups -OCH3 is 1. The molecule has 0 spiro atoms. The number of unbranched alkanes of at least 4 members (excludes halogenated alkanes) is 3. The maximum atomic E-state index is 12.4. The summed E-state index contributed by atoms with van der Waals surface area (Å²) >= 11 is 0. The highest BCUT2D eigenvalue weighted by atomic mass is 16.5. The summed E-state index contributed by atoms with van der Waals surface area (Å²) in [5.74, 6) is 0.478. The van der Waals surface area contributed by atoms with Gasteiger partial charge in [0.2, 0.25) is 5.91 Å². The van der Waals surface area contributed by atoms with Gasteiger partial charge in [0.15, 0.2) is 0 Å². The lowest BCUT2D eigenvalue weighted by Gasteiger charge is -2.65. The zero-order chi connectivity index (χ0) is 28.5. The lowest BCUT2D eigenvalue weighted by atomic mass is 9.42. The molecular formula is C32H51NO7. The summed E-state index contributed by atoms with van der Waals surface area (Å²) < 4.78 is 16.4. The Morgan fingerprint density at radius 2 is 1.88 bits per heavy atom. The van der Waals surface area contributed by atoms with Crippen LogP contribution in [0.1, 0.15) is 90.9 Å². The molecular weight excluding hydrogens is 510 g/mol. The van der Waals surface area contributed by atoms with E-state index in [0.29, 0.717) is 25.3 Å². The van der Waals surface area contributed by atoms with Crippen molar-refractivity contribution in [1.82, 2.24) is 5.32 Å². The first-order chi connectivity index (χ1) is 19.1. The largest absolute Gasteiger partial charge is 0.458 e. The first kappa shape index (κ1) is 30.0. The van der Waals surface area contributed by atoms with Crippen LogP contribution in [0.4, 0.5) is 0 Å². The number of hydrogen-bond acceptors (Lipinski definition) is 7. The summed E-state index contributed by atoms with van der Waals surface area (Å²) in [5, 5.41) is 27.1. The molecule has 4 saturated carbocycles. The zero-order valence-electron chi connectivity index (χ0n) is 24.8. The van der Waals surface area contributed by atoms with Gasteiger partial charge in [-0.3, -0.25) is 4.79 Å². The number of rotatable bonds is 11. The lowest BCUT2D eigenvalue weighted by Crippen LogP contribution is -2.67. The molecule has 5 aliphatic rings. The molecule has 8 heteroatoms. The second-order valence-electron chi connectivity index (χ2n) is 13.8. The van der Waals surface area contributed by atoms with E-state index in [9.17, 15) is 19.8 Å². The fourth-order valence-corrected chi connectivity index (χ4v) is 9.70. The topological polar surface area (TPSA) is 114 Å². The number of aliphatic hydroxyl groups is 2. The third-order valence-electron chi connectivity index (χ3n) is 12.1. The van der Waals surface area contributed by atoms with Crippen molar-refractivity contribution in [3.63, 3.8) is 0 Å². The molecule has 1 amide bonds. The Labute approximate surface area is 239 Å². The van der Waals surface area contributed by atoms with E-state index in [-0.39, 0.29) is 54.4 Å². The van der Waals surface area contributed by atoms with E-state index in [4.69, 9.17) is 14.2 Å². The van der Waals surface area contributed by atoms with Crippen molar-refractivity contribution < 1.29 is 34.0 Å². The Morgan fingerprint density at radius 3 is 2.62 bits per heavy atom. The maximum absolute atomic E-state index is 12.4. The minimum atomic E-state index is -0.949. The van der Waals surface area contributed by atoms with Crippen LogP contribution in [0.25, 0.3) is 0 Å². The van der Waals surface area contributed by atoms with Crippen LogP contribution >= 0.6 is 0 Å². The quantitative estimate of drug-likeness (QED) is 0.259. The van der Waals surface area contributed by atoms with Gasteiger partial charge in [-0.1, -0.05) is 26.7 Å². The molecule has 0 saturated heterocycles. The van der Waals surface area contributed by atoms with Crippen LogP contribution in [0.5, 0.6) is 0 Å². The van der Waals surface area contributed by atoms with Crippen molar-refractivity contribution in [1.29, 1.82) is 0 Å². The second kappa shape index (κ2) is 12.0. The minimum absolute atomic E-state index is 0.0311. The molecule has 3 N–H and O–H groups in total. The van der Waals surface area contributed by atoms with Crippen LogP contribution < -0.4 is 5.32 Å².